The van der Waals surface area contributed by atoms with Crippen LogP contribution in [0, 0.1) is 5.92 Å². The van der Waals surface area contributed by atoms with Crippen LogP contribution in [0.2, 0.25) is 0 Å². The van der Waals surface area contributed by atoms with Gasteiger partial charge in [0.25, 0.3) is 0 Å². The van der Waals surface area contributed by atoms with Crippen molar-refractivity contribution in [2.75, 3.05) is 54.0 Å². The van der Waals surface area contributed by atoms with Gasteiger partial charge in [-0.05, 0) is 26.3 Å². The van der Waals surface area contributed by atoms with Crippen molar-refractivity contribution in [3.8, 4) is 0 Å². The lowest BCUT2D eigenvalue weighted by Crippen LogP contribution is -2.44. The molecule has 1 unspecified atom stereocenters. The van der Waals surface area contributed by atoms with Crippen molar-refractivity contribution in [3.63, 3.8) is 0 Å². The SMILES string of the molecule is CN=C(NCCN(C)C1CCCCC1)N1CCC(COC)C1. The zero-order chi connectivity index (χ0) is 15.8. The van der Waals surface area contributed by atoms with E-state index in [1.165, 1.54) is 38.5 Å². The van der Waals surface area contributed by atoms with E-state index in [-0.39, 0.29) is 0 Å². The molecule has 2 rings (SSSR count). The molecular formula is C17H34N4O. The molecule has 0 spiro atoms. The summed E-state index contributed by atoms with van der Waals surface area (Å²) in [5.74, 6) is 1.70. The van der Waals surface area contributed by atoms with E-state index >= 15 is 0 Å². The third-order valence-corrected chi connectivity index (χ3v) is 5.15. The maximum Gasteiger partial charge on any atom is 0.193 e. The fraction of sp³-hybridized carbons (Fsp3) is 0.941. The number of nitrogens with zero attached hydrogens (tertiary/aromatic N) is 3. The van der Waals surface area contributed by atoms with Gasteiger partial charge in [0.15, 0.2) is 5.96 Å². The Morgan fingerprint density at radius 2 is 2.05 bits per heavy atom. The normalized spacial score (nSPS) is 24.3. The Labute approximate surface area is 136 Å². The second-order valence-electron chi connectivity index (χ2n) is 6.80. The Balaban J connectivity index is 1.68. The molecule has 128 valence electrons. The van der Waals surface area contributed by atoms with Gasteiger partial charge in [0.1, 0.15) is 0 Å². The van der Waals surface area contributed by atoms with Gasteiger partial charge in [-0.25, -0.2) is 0 Å². The second-order valence-corrected chi connectivity index (χ2v) is 6.80. The number of rotatable bonds is 6. The van der Waals surface area contributed by atoms with Crippen LogP contribution in [-0.2, 0) is 4.74 Å². The summed E-state index contributed by atoms with van der Waals surface area (Å²) in [7, 11) is 5.94. The van der Waals surface area contributed by atoms with Gasteiger partial charge in [-0.3, -0.25) is 4.99 Å². The van der Waals surface area contributed by atoms with Crippen LogP contribution in [0.3, 0.4) is 0 Å². The Morgan fingerprint density at radius 1 is 1.27 bits per heavy atom. The number of nitrogens with one attached hydrogen (secondary N) is 1. The summed E-state index contributed by atoms with van der Waals surface area (Å²) >= 11 is 0. The number of aliphatic imine (C=N–C) groups is 1. The molecule has 22 heavy (non-hydrogen) atoms. The Kier molecular flexibility index (Phi) is 7.46. The molecule has 1 aliphatic heterocycles. The van der Waals surface area contributed by atoms with Crippen LogP contribution < -0.4 is 5.32 Å². The van der Waals surface area contributed by atoms with E-state index in [1.54, 1.807) is 7.11 Å². The second kappa shape index (κ2) is 9.36. The Bertz CT molecular complexity index is 342. The average Bonchev–Trinajstić information content (AvgIpc) is 3.01. The van der Waals surface area contributed by atoms with Crippen LogP contribution in [0.4, 0.5) is 0 Å². The van der Waals surface area contributed by atoms with E-state index < -0.39 is 0 Å². The van der Waals surface area contributed by atoms with Crippen LogP contribution in [0.1, 0.15) is 38.5 Å². The zero-order valence-electron chi connectivity index (χ0n) is 14.7. The first-order valence-electron chi connectivity index (χ1n) is 8.89. The van der Waals surface area contributed by atoms with Gasteiger partial charge in [-0.2, -0.15) is 0 Å². The topological polar surface area (TPSA) is 40.1 Å². The smallest absolute Gasteiger partial charge is 0.193 e. The largest absolute Gasteiger partial charge is 0.384 e. The molecule has 0 bridgehead atoms. The molecule has 2 fully saturated rings. The van der Waals surface area contributed by atoms with E-state index in [0.29, 0.717) is 5.92 Å². The predicted molar refractivity (Wildman–Crippen MR) is 92.4 cm³/mol. The zero-order valence-corrected chi connectivity index (χ0v) is 14.7. The lowest BCUT2D eigenvalue weighted by Gasteiger charge is -2.31. The quantitative estimate of drug-likeness (QED) is 0.600. The summed E-state index contributed by atoms with van der Waals surface area (Å²) in [6.45, 7) is 5.08. The molecular weight excluding hydrogens is 276 g/mol. The predicted octanol–water partition coefficient (Wildman–Crippen LogP) is 1.79. The van der Waals surface area contributed by atoms with Crippen LogP contribution in [0.15, 0.2) is 4.99 Å². The molecule has 0 aromatic carbocycles. The molecule has 2 aliphatic rings. The van der Waals surface area contributed by atoms with Crippen molar-refractivity contribution in [2.45, 2.75) is 44.6 Å². The van der Waals surface area contributed by atoms with Crippen molar-refractivity contribution < 1.29 is 4.74 Å². The summed E-state index contributed by atoms with van der Waals surface area (Å²) in [6.07, 6.45) is 8.17. The van der Waals surface area contributed by atoms with Gasteiger partial charge in [-0.1, -0.05) is 19.3 Å². The first kappa shape index (κ1) is 17.5. The molecule has 0 radical (unpaired) electrons. The number of methoxy groups -OCH3 is 1. The highest BCUT2D eigenvalue weighted by Crippen LogP contribution is 2.21. The summed E-state index contributed by atoms with van der Waals surface area (Å²) in [5, 5.41) is 3.54. The lowest BCUT2D eigenvalue weighted by molar-refractivity contribution is 0.157. The third kappa shape index (κ3) is 5.13. The summed E-state index contributed by atoms with van der Waals surface area (Å²) in [4.78, 5) is 9.34. The molecule has 1 aliphatic carbocycles. The van der Waals surface area contributed by atoms with Gasteiger partial charge in [-0.15, -0.1) is 0 Å². The van der Waals surface area contributed by atoms with Crippen LogP contribution in [0.5, 0.6) is 0 Å². The number of ether oxygens (including phenoxy) is 1. The third-order valence-electron chi connectivity index (χ3n) is 5.15. The molecule has 1 saturated carbocycles. The van der Waals surface area contributed by atoms with Crippen molar-refractivity contribution in [1.29, 1.82) is 0 Å². The molecule has 1 N–H and O–H groups in total. The van der Waals surface area contributed by atoms with Crippen molar-refractivity contribution in [3.05, 3.63) is 0 Å². The molecule has 5 heteroatoms. The van der Waals surface area contributed by atoms with Crippen LogP contribution >= 0.6 is 0 Å². The Hall–Kier alpha value is -0.810. The molecule has 0 aromatic rings. The molecule has 0 amide bonds. The van der Waals surface area contributed by atoms with Gasteiger partial charge < -0.3 is 19.9 Å². The highest BCUT2D eigenvalue weighted by Gasteiger charge is 2.24. The maximum atomic E-state index is 5.27. The minimum atomic E-state index is 0.647. The number of likely N-dealkylation sites (N-methyl/N-ethyl adjacent to an activating group) is 1. The fourth-order valence-electron chi connectivity index (χ4n) is 3.78. The molecule has 1 heterocycles. The van der Waals surface area contributed by atoms with Gasteiger partial charge in [0.05, 0.1) is 6.61 Å². The number of hydrogen-bond donors (Lipinski definition) is 1. The van der Waals surface area contributed by atoms with E-state index in [2.05, 4.69) is 27.2 Å². The molecule has 1 atom stereocenters. The summed E-state index contributed by atoms with van der Waals surface area (Å²) < 4.78 is 5.27. The van der Waals surface area contributed by atoms with E-state index in [4.69, 9.17) is 4.74 Å². The summed E-state index contributed by atoms with van der Waals surface area (Å²) in [5.41, 5.74) is 0. The summed E-state index contributed by atoms with van der Waals surface area (Å²) in [6, 6.07) is 0.787. The Morgan fingerprint density at radius 3 is 2.73 bits per heavy atom. The standard InChI is InChI=1S/C17H34N4O/c1-18-17(21-11-9-15(13-21)14-22-3)19-10-12-20(2)16-7-5-4-6-8-16/h15-16H,4-14H2,1-3H3,(H,18,19). The van der Waals surface area contributed by atoms with Crippen LogP contribution in [0.25, 0.3) is 0 Å². The van der Waals surface area contributed by atoms with E-state index in [0.717, 1.165) is 44.8 Å². The number of likely N-dealkylation sites (tertiary alicyclic amines) is 1. The maximum absolute atomic E-state index is 5.27. The molecule has 1 saturated heterocycles. The van der Waals surface area contributed by atoms with Crippen LogP contribution in [-0.4, -0.2) is 75.8 Å². The fourth-order valence-corrected chi connectivity index (χ4v) is 3.78. The van der Waals surface area contributed by atoms with Crippen molar-refractivity contribution in [2.24, 2.45) is 10.9 Å². The van der Waals surface area contributed by atoms with Gasteiger partial charge in [0, 0.05) is 52.3 Å². The first-order valence-corrected chi connectivity index (χ1v) is 8.89. The average molecular weight is 310 g/mol. The monoisotopic (exact) mass is 310 g/mol. The van der Waals surface area contributed by atoms with Gasteiger partial charge >= 0.3 is 0 Å². The van der Waals surface area contributed by atoms with E-state index in [1.807, 2.05) is 7.05 Å². The highest BCUT2D eigenvalue weighted by atomic mass is 16.5. The van der Waals surface area contributed by atoms with Gasteiger partial charge in [0.2, 0.25) is 0 Å². The lowest BCUT2D eigenvalue weighted by atomic mass is 9.94. The number of hydrogen-bond acceptors (Lipinski definition) is 3. The van der Waals surface area contributed by atoms with Crippen molar-refractivity contribution >= 4 is 5.96 Å². The minimum Gasteiger partial charge on any atom is -0.384 e. The minimum absolute atomic E-state index is 0.647. The highest BCUT2D eigenvalue weighted by molar-refractivity contribution is 5.80. The molecule has 0 aromatic heterocycles. The number of guanidine groups is 1. The van der Waals surface area contributed by atoms with Crippen molar-refractivity contribution in [1.82, 2.24) is 15.1 Å². The first-order chi connectivity index (χ1) is 10.7. The van der Waals surface area contributed by atoms with E-state index in [9.17, 15) is 0 Å². The molecule has 5 nitrogen and oxygen atoms in total.